The molecule has 0 aliphatic heterocycles. The van der Waals surface area contributed by atoms with E-state index in [0.29, 0.717) is 38.1 Å². The molecule has 1 aromatic carbocycles. The Morgan fingerprint density at radius 3 is 2.87 bits per heavy atom. The van der Waals surface area contributed by atoms with Crippen LogP contribution in [0.2, 0.25) is 0 Å². The Labute approximate surface area is 192 Å². The number of guanidine groups is 1. The van der Waals surface area contributed by atoms with E-state index in [0.717, 1.165) is 28.5 Å². The molecule has 9 heteroatoms. The molecule has 2 aromatic heterocycles. The van der Waals surface area contributed by atoms with E-state index >= 15 is 0 Å². The van der Waals surface area contributed by atoms with Crippen LogP contribution in [0.4, 0.5) is 4.39 Å². The molecule has 0 bridgehead atoms. The van der Waals surface area contributed by atoms with Gasteiger partial charge in [-0.25, -0.2) is 9.37 Å². The molecule has 0 radical (unpaired) electrons. The van der Waals surface area contributed by atoms with Crippen molar-refractivity contribution < 1.29 is 13.9 Å². The molecule has 7 nitrogen and oxygen atoms in total. The summed E-state index contributed by atoms with van der Waals surface area (Å²) in [6.45, 7) is 2.17. The lowest BCUT2D eigenvalue weighted by Gasteiger charge is -2.14. The first-order valence-electron chi connectivity index (χ1n) is 9.47. The monoisotopic (exact) mass is 527 g/mol. The standard InChI is InChI=1S/C21H26FN5O2.HI/c1-23-21(27-14-16-4-3-8-24-20(16)29-11-10-28-2)25-9-7-15-13-26-19-12-17(22)5-6-18(15)19;/h3-6,8,12-13,26H,7,9-11,14H2,1-2H3,(H2,23,25,27);1H. The Balaban J connectivity index is 0.00000320. The van der Waals surface area contributed by atoms with Gasteiger partial charge in [0.15, 0.2) is 5.96 Å². The molecule has 0 amide bonds. The summed E-state index contributed by atoms with van der Waals surface area (Å²) in [5.74, 6) is 1.02. The molecular formula is C21H27FIN5O2. The van der Waals surface area contributed by atoms with Crippen LogP contribution in [-0.2, 0) is 17.7 Å². The van der Waals surface area contributed by atoms with E-state index < -0.39 is 0 Å². The Morgan fingerprint density at radius 2 is 2.07 bits per heavy atom. The van der Waals surface area contributed by atoms with Crippen LogP contribution in [0.3, 0.4) is 0 Å². The molecule has 30 heavy (non-hydrogen) atoms. The van der Waals surface area contributed by atoms with E-state index in [1.165, 1.54) is 12.1 Å². The zero-order chi connectivity index (χ0) is 20.5. The Hall–Kier alpha value is -2.40. The van der Waals surface area contributed by atoms with E-state index in [4.69, 9.17) is 9.47 Å². The van der Waals surface area contributed by atoms with Crippen LogP contribution in [0.25, 0.3) is 10.9 Å². The Morgan fingerprint density at radius 1 is 1.20 bits per heavy atom. The van der Waals surface area contributed by atoms with Gasteiger partial charge in [-0.2, -0.15) is 0 Å². The summed E-state index contributed by atoms with van der Waals surface area (Å²) >= 11 is 0. The Bertz CT molecular complexity index is 963. The average molecular weight is 527 g/mol. The van der Waals surface area contributed by atoms with Gasteiger partial charge in [-0.05, 0) is 36.2 Å². The van der Waals surface area contributed by atoms with Gasteiger partial charge < -0.3 is 25.1 Å². The highest BCUT2D eigenvalue weighted by atomic mass is 127. The molecule has 3 rings (SSSR count). The molecule has 162 valence electrons. The number of pyridine rings is 1. The lowest BCUT2D eigenvalue weighted by molar-refractivity contribution is 0.143. The average Bonchev–Trinajstić information content (AvgIpc) is 3.13. The number of aromatic nitrogens is 2. The third-order valence-corrected chi connectivity index (χ3v) is 4.46. The minimum atomic E-state index is -0.241. The molecule has 0 aliphatic carbocycles. The van der Waals surface area contributed by atoms with Crippen molar-refractivity contribution in [1.82, 2.24) is 20.6 Å². The molecule has 0 spiro atoms. The van der Waals surface area contributed by atoms with Crippen LogP contribution >= 0.6 is 24.0 Å². The summed E-state index contributed by atoms with van der Waals surface area (Å²) < 4.78 is 24.0. The maximum absolute atomic E-state index is 13.3. The summed E-state index contributed by atoms with van der Waals surface area (Å²) in [7, 11) is 3.36. The van der Waals surface area contributed by atoms with Crippen LogP contribution < -0.4 is 15.4 Å². The van der Waals surface area contributed by atoms with Crippen molar-refractivity contribution in [2.45, 2.75) is 13.0 Å². The maximum atomic E-state index is 13.3. The highest BCUT2D eigenvalue weighted by molar-refractivity contribution is 14.0. The number of hydrogen-bond donors (Lipinski definition) is 3. The molecule has 0 unspecified atom stereocenters. The summed E-state index contributed by atoms with van der Waals surface area (Å²) in [5, 5.41) is 7.60. The van der Waals surface area contributed by atoms with Crippen molar-refractivity contribution in [3.63, 3.8) is 0 Å². The van der Waals surface area contributed by atoms with Crippen molar-refractivity contribution in [2.75, 3.05) is 33.9 Å². The number of hydrogen-bond acceptors (Lipinski definition) is 4. The normalized spacial score (nSPS) is 11.2. The van der Waals surface area contributed by atoms with Gasteiger partial charge >= 0.3 is 0 Å². The van der Waals surface area contributed by atoms with Gasteiger partial charge in [0.25, 0.3) is 0 Å². The van der Waals surface area contributed by atoms with E-state index in [9.17, 15) is 4.39 Å². The first-order chi connectivity index (χ1) is 14.2. The van der Waals surface area contributed by atoms with Crippen LogP contribution in [0, 0.1) is 5.82 Å². The van der Waals surface area contributed by atoms with Crippen molar-refractivity contribution in [3.05, 3.63) is 59.7 Å². The topological polar surface area (TPSA) is 83.6 Å². The third kappa shape index (κ3) is 6.56. The second kappa shape index (κ2) is 12.3. The van der Waals surface area contributed by atoms with Gasteiger partial charge in [-0.15, -0.1) is 24.0 Å². The lowest BCUT2D eigenvalue weighted by atomic mass is 10.1. The number of rotatable bonds is 9. The summed E-state index contributed by atoms with van der Waals surface area (Å²) in [4.78, 5) is 11.6. The van der Waals surface area contributed by atoms with Crippen molar-refractivity contribution >= 4 is 40.8 Å². The zero-order valence-corrected chi connectivity index (χ0v) is 19.4. The number of nitrogens with one attached hydrogen (secondary N) is 3. The van der Waals surface area contributed by atoms with Crippen molar-refractivity contribution in [3.8, 4) is 5.88 Å². The summed E-state index contributed by atoms with van der Waals surface area (Å²) in [5.41, 5.74) is 2.87. The van der Waals surface area contributed by atoms with Gasteiger partial charge in [-0.3, -0.25) is 4.99 Å². The first kappa shape index (κ1) is 23.9. The van der Waals surface area contributed by atoms with Gasteiger partial charge in [0.05, 0.1) is 6.61 Å². The van der Waals surface area contributed by atoms with E-state index in [1.54, 1.807) is 26.4 Å². The molecule has 0 atom stereocenters. The fourth-order valence-electron chi connectivity index (χ4n) is 2.99. The number of halogens is 2. The van der Waals surface area contributed by atoms with Crippen LogP contribution in [-0.4, -0.2) is 49.8 Å². The molecule has 3 aromatic rings. The second-order valence-corrected chi connectivity index (χ2v) is 6.42. The van der Waals surface area contributed by atoms with Gasteiger partial charge in [0.2, 0.25) is 5.88 Å². The quantitative estimate of drug-likeness (QED) is 0.172. The zero-order valence-electron chi connectivity index (χ0n) is 17.1. The fourth-order valence-corrected chi connectivity index (χ4v) is 2.99. The number of nitrogens with zero attached hydrogens (tertiary/aromatic N) is 2. The predicted octanol–water partition coefficient (Wildman–Crippen LogP) is 3.25. The van der Waals surface area contributed by atoms with Gasteiger partial charge in [0, 0.05) is 56.1 Å². The lowest BCUT2D eigenvalue weighted by Crippen LogP contribution is -2.38. The molecule has 0 saturated heterocycles. The van der Waals surface area contributed by atoms with Crippen molar-refractivity contribution in [1.29, 1.82) is 0 Å². The molecule has 0 fully saturated rings. The smallest absolute Gasteiger partial charge is 0.218 e. The van der Waals surface area contributed by atoms with Crippen molar-refractivity contribution in [2.24, 2.45) is 4.99 Å². The minimum absolute atomic E-state index is 0. The largest absolute Gasteiger partial charge is 0.475 e. The summed E-state index contributed by atoms with van der Waals surface area (Å²) in [6.07, 6.45) is 4.40. The predicted molar refractivity (Wildman–Crippen MR) is 127 cm³/mol. The molecular weight excluding hydrogens is 500 g/mol. The van der Waals surface area contributed by atoms with Gasteiger partial charge in [-0.1, -0.05) is 6.07 Å². The van der Waals surface area contributed by atoms with E-state index in [2.05, 4.69) is 25.6 Å². The summed E-state index contributed by atoms with van der Waals surface area (Å²) in [6, 6.07) is 8.62. The third-order valence-electron chi connectivity index (χ3n) is 4.46. The second-order valence-electron chi connectivity index (χ2n) is 6.42. The van der Waals surface area contributed by atoms with Crippen LogP contribution in [0.1, 0.15) is 11.1 Å². The Kier molecular flexibility index (Phi) is 9.81. The molecule has 0 aliphatic rings. The molecule has 0 saturated carbocycles. The highest BCUT2D eigenvalue weighted by Gasteiger charge is 2.07. The SMILES string of the molecule is CN=C(NCCc1c[nH]c2cc(F)ccc12)NCc1cccnc1OCCOC.I. The number of ether oxygens (including phenoxy) is 2. The first-order valence-corrected chi connectivity index (χ1v) is 9.47. The fraction of sp³-hybridized carbons (Fsp3) is 0.333. The van der Waals surface area contributed by atoms with Gasteiger partial charge in [0.1, 0.15) is 12.4 Å². The van der Waals surface area contributed by atoms with Crippen LogP contribution in [0.5, 0.6) is 5.88 Å². The highest BCUT2D eigenvalue weighted by Crippen LogP contribution is 2.19. The number of aromatic amines is 1. The minimum Gasteiger partial charge on any atom is -0.475 e. The molecule has 2 heterocycles. The number of benzene rings is 1. The number of fused-ring (bicyclic) bond motifs is 1. The number of aliphatic imine (C=N–C) groups is 1. The number of methoxy groups -OCH3 is 1. The maximum Gasteiger partial charge on any atom is 0.218 e. The van der Waals surface area contributed by atoms with E-state index in [-0.39, 0.29) is 29.8 Å². The van der Waals surface area contributed by atoms with E-state index in [1.807, 2.05) is 18.3 Å². The number of H-pyrrole nitrogens is 1. The van der Waals surface area contributed by atoms with Crippen LogP contribution in [0.15, 0.2) is 47.7 Å². The molecule has 3 N–H and O–H groups in total.